The Morgan fingerprint density at radius 1 is 0.643 bits per heavy atom. The van der Waals surface area contributed by atoms with Gasteiger partial charge in [-0.1, -0.05) is 126 Å². The molecule has 0 bridgehead atoms. The number of hydrogen-bond donors (Lipinski definition) is 0. The van der Waals surface area contributed by atoms with E-state index in [9.17, 15) is 0 Å². The summed E-state index contributed by atoms with van der Waals surface area (Å²) >= 11 is 0. The predicted octanol–water partition coefficient (Wildman–Crippen LogP) is 6.02. The molecule has 28 heavy (non-hydrogen) atoms. The van der Waals surface area contributed by atoms with E-state index in [0.717, 1.165) is 23.6 Å². The van der Waals surface area contributed by atoms with Crippen LogP contribution in [0.4, 0.5) is 0 Å². The van der Waals surface area contributed by atoms with Crippen molar-refractivity contribution in [3.63, 3.8) is 0 Å². The van der Waals surface area contributed by atoms with Crippen molar-refractivity contribution >= 4 is 33.3 Å². The van der Waals surface area contributed by atoms with E-state index in [2.05, 4.69) is 109 Å². The zero-order chi connectivity index (χ0) is 19.1. The van der Waals surface area contributed by atoms with Crippen molar-refractivity contribution in [2.24, 2.45) is 5.41 Å². The highest BCUT2D eigenvalue weighted by molar-refractivity contribution is 7.48. The third kappa shape index (κ3) is 4.70. The van der Waals surface area contributed by atoms with Crippen molar-refractivity contribution in [1.82, 2.24) is 0 Å². The molecule has 3 aromatic rings. The topological polar surface area (TPSA) is 0 Å². The molecule has 140 valence electrons. The summed E-state index contributed by atoms with van der Waals surface area (Å²) in [7, 11) is 1.67. The SMILES string of the molecule is C1=CCC(CPc2ccccc2)(CPc2ccccc2)C(c2ccccc2)=C1. The molecule has 0 spiro atoms. The maximum Gasteiger partial charge on any atom is 0.00730 e. The van der Waals surface area contributed by atoms with Gasteiger partial charge in [0.05, 0.1) is 0 Å². The van der Waals surface area contributed by atoms with Gasteiger partial charge in [-0.2, -0.15) is 0 Å². The number of rotatable bonds is 7. The van der Waals surface area contributed by atoms with Gasteiger partial charge in [0.2, 0.25) is 0 Å². The van der Waals surface area contributed by atoms with E-state index in [4.69, 9.17) is 0 Å². The minimum absolute atomic E-state index is 0.207. The standard InChI is InChI=1S/C26H26P2/c1-4-12-22(13-5-1)25-18-10-11-19-26(25,20-27-23-14-6-2-7-15-23)21-28-24-16-8-3-9-17-24/h1-18,27-28H,19-21H2. The van der Waals surface area contributed by atoms with E-state index < -0.39 is 0 Å². The van der Waals surface area contributed by atoms with Crippen LogP contribution in [-0.2, 0) is 0 Å². The molecule has 0 fully saturated rings. The normalized spacial score (nSPS) is 19.5. The Bertz CT molecular complexity index is 884. The second-order valence-electron chi connectivity index (χ2n) is 7.30. The fourth-order valence-electron chi connectivity index (χ4n) is 3.82. The lowest BCUT2D eigenvalue weighted by molar-refractivity contribution is 0.526. The molecular formula is C26H26P2. The van der Waals surface area contributed by atoms with Gasteiger partial charge in [-0.15, -0.1) is 0 Å². The molecule has 0 saturated carbocycles. The molecule has 3 aromatic carbocycles. The summed E-state index contributed by atoms with van der Waals surface area (Å²) in [6.45, 7) is 0. The fourth-order valence-corrected chi connectivity index (χ4v) is 6.93. The Kier molecular flexibility index (Phi) is 6.53. The molecule has 0 heterocycles. The van der Waals surface area contributed by atoms with Crippen LogP contribution >= 0.6 is 17.2 Å². The van der Waals surface area contributed by atoms with Crippen LogP contribution in [0.25, 0.3) is 5.57 Å². The van der Waals surface area contributed by atoms with Crippen molar-refractivity contribution in [3.05, 3.63) is 115 Å². The molecule has 2 unspecified atom stereocenters. The lowest BCUT2D eigenvalue weighted by atomic mass is 9.75. The molecule has 1 aliphatic rings. The average Bonchev–Trinajstić information content (AvgIpc) is 2.79. The van der Waals surface area contributed by atoms with E-state index in [1.165, 1.54) is 34.1 Å². The van der Waals surface area contributed by atoms with Gasteiger partial charge in [0, 0.05) is 5.41 Å². The van der Waals surface area contributed by atoms with Gasteiger partial charge < -0.3 is 0 Å². The van der Waals surface area contributed by atoms with Gasteiger partial charge in [0.15, 0.2) is 0 Å². The van der Waals surface area contributed by atoms with Crippen LogP contribution in [0.5, 0.6) is 0 Å². The predicted molar refractivity (Wildman–Crippen MR) is 129 cm³/mol. The third-order valence-corrected chi connectivity index (χ3v) is 8.56. The van der Waals surface area contributed by atoms with E-state index in [1.807, 2.05) is 0 Å². The van der Waals surface area contributed by atoms with Gasteiger partial charge in [0.25, 0.3) is 0 Å². The van der Waals surface area contributed by atoms with Crippen LogP contribution < -0.4 is 10.6 Å². The summed E-state index contributed by atoms with van der Waals surface area (Å²) < 4.78 is 0. The van der Waals surface area contributed by atoms with Crippen molar-refractivity contribution in [2.45, 2.75) is 6.42 Å². The highest BCUT2D eigenvalue weighted by Crippen LogP contribution is 2.47. The van der Waals surface area contributed by atoms with Crippen molar-refractivity contribution < 1.29 is 0 Å². The molecule has 0 nitrogen and oxygen atoms in total. The quantitative estimate of drug-likeness (QED) is 0.425. The summed E-state index contributed by atoms with van der Waals surface area (Å²) in [6.07, 6.45) is 10.5. The Morgan fingerprint density at radius 2 is 1.14 bits per heavy atom. The minimum atomic E-state index is 0.207. The van der Waals surface area contributed by atoms with Crippen LogP contribution in [0.15, 0.2) is 109 Å². The highest BCUT2D eigenvalue weighted by Gasteiger charge is 2.34. The molecule has 4 rings (SSSR count). The summed E-state index contributed by atoms with van der Waals surface area (Å²) in [5.41, 5.74) is 3.10. The minimum Gasteiger partial charge on any atom is -0.0895 e. The molecule has 1 aliphatic carbocycles. The highest BCUT2D eigenvalue weighted by atomic mass is 31.1. The van der Waals surface area contributed by atoms with Crippen molar-refractivity contribution in [2.75, 3.05) is 12.3 Å². The summed E-state index contributed by atoms with van der Waals surface area (Å²) in [6, 6.07) is 33.0. The molecule has 0 aromatic heterocycles. The van der Waals surface area contributed by atoms with E-state index >= 15 is 0 Å². The first kappa shape index (κ1) is 19.3. The fraction of sp³-hybridized carbons (Fsp3) is 0.154. The molecule has 0 radical (unpaired) electrons. The second kappa shape index (κ2) is 9.47. The first-order valence-corrected chi connectivity index (χ1v) is 12.3. The Morgan fingerprint density at radius 3 is 1.68 bits per heavy atom. The van der Waals surface area contributed by atoms with Crippen LogP contribution in [0.1, 0.15) is 12.0 Å². The lowest BCUT2D eigenvalue weighted by Gasteiger charge is -2.38. The largest absolute Gasteiger partial charge is 0.0895 e. The smallest absolute Gasteiger partial charge is 0.00730 e. The second-order valence-corrected chi connectivity index (χ2v) is 9.87. The van der Waals surface area contributed by atoms with Gasteiger partial charge >= 0.3 is 0 Å². The first-order valence-electron chi connectivity index (χ1n) is 9.86. The summed E-state index contributed by atoms with van der Waals surface area (Å²) in [5.74, 6) is 0. The van der Waals surface area contributed by atoms with Crippen LogP contribution in [-0.4, -0.2) is 12.3 Å². The lowest BCUT2D eigenvalue weighted by Crippen LogP contribution is -2.30. The van der Waals surface area contributed by atoms with Gasteiger partial charge in [0.1, 0.15) is 0 Å². The third-order valence-electron chi connectivity index (χ3n) is 5.37. The van der Waals surface area contributed by atoms with Crippen molar-refractivity contribution in [1.29, 1.82) is 0 Å². The van der Waals surface area contributed by atoms with E-state index in [-0.39, 0.29) is 5.41 Å². The van der Waals surface area contributed by atoms with Crippen molar-refractivity contribution in [3.8, 4) is 0 Å². The maximum absolute atomic E-state index is 2.37. The molecule has 0 aliphatic heterocycles. The Balaban J connectivity index is 1.63. The van der Waals surface area contributed by atoms with Crippen LogP contribution in [0, 0.1) is 5.41 Å². The molecule has 0 amide bonds. The maximum atomic E-state index is 2.37. The Labute approximate surface area is 172 Å². The van der Waals surface area contributed by atoms with Gasteiger partial charge in [-0.05, 0) is 40.5 Å². The summed E-state index contributed by atoms with van der Waals surface area (Å²) in [4.78, 5) is 0. The first-order chi connectivity index (χ1) is 13.9. The summed E-state index contributed by atoms with van der Waals surface area (Å²) in [5, 5.41) is 2.93. The number of hydrogen-bond acceptors (Lipinski definition) is 0. The average molecular weight is 400 g/mol. The number of benzene rings is 3. The molecular weight excluding hydrogens is 374 g/mol. The molecule has 0 saturated heterocycles. The van der Waals surface area contributed by atoms with Gasteiger partial charge in [-0.3, -0.25) is 0 Å². The van der Waals surface area contributed by atoms with E-state index in [1.54, 1.807) is 0 Å². The van der Waals surface area contributed by atoms with Crippen LogP contribution in [0.3, 0.4) is 0 Å². The zero-order valence-electron chi connectivity index (χ0n) is 16.0. The zero-order valence-corrected chi connectivity index (χ0v) is 18.0. The molecule has 0 N–H and O–H groups in total. The van der Waals surface area contributed by atoms with E-state index in [0.29, 0.717) is 0 Å². The van der Waals surface area contributed by atoms with Crippen LogP contribution in [0.2, 0.25) is 0 Å². The Hall–Kier alpha value is -2.00. The molecule has 2 heteroatoms. The monoisotopic (exact) mass is 400 g/mol. The number of allylic oxidation sites excluding steroid dienone is 4. The molecule has 2 atom stereocenters. The van der Waals surface area contributed by atoms with Gasteiger partial charge in [-0.25, -0.2) is 0 Å².